The second-order valence-electron chi connectivity index (χ2n) is 35.7. The second-order valence-corrected chi connectivity index (χ2v) is 57.7. The van der Waals surface area contributed by atoms with Gasteiger partial charge in [0, 0.05) is 79.7 Å². The van der Waals surface area contributed by atoms with Gasteiger partial charge in [0.2, 0.25) is 0 Å². The minimum absolute atomic E-state index is 0.139. The normalized spacial score (nSPS) is 28.7. The molecule has 0 aromatic carbocycles. The molecule has 10 heterocycles. The minimum Gasteiger partial charge on any atom is -0.388 e. The Morgan fingerprint density at radius 3 is 1.08 bits per heavy atom. The van der Waals surface area contributed by atoms with E-state index in [0.29, 0.717) is 71.9 Å². The molecule has 0 bridgehead atoms. The zero-order valence-electron chi connectivity index (χ0n) is 73.6. The smallest absolute Gasteiger partial charge is 0.330 e. The highest BCUT2D eigenvalue weighted by Gasteiger charge is 2.50. The Balaban J connectivity index is 0.000000237. The van der Waals surface area contributed by atoms with Crippen LogP contribution >= 0.6 is 46.6 Å². The SMILES string of the molecule is C=C1NC(=O)N(C)C=C1C1O[C@H](CCP(=C)(C)C)[C@@H](O)[C@H]1O.C=C1NC(=S)N(C)C=C1C1O[C@H](CCP(=C)(C)C)[C@@H](O)[C@H]1O.C=P(C)(C)CC[C@H]1OC(c2cn(CNCCC)c(=O)[nH]c2=O)[C@H](O)[C@@H]1O.C=P(C)(C)CC[C@H]1OC(c2cn(CNCCC)c(=O)[nH]c2=O)[C@H](O)[C@@H]1O.C=P(C)(C)CC[C@H]1OC(n2cc(CNCCC)c(=O)[nH]c2=O)[C@H](O)[C@@H]1O. The lowest BCUT2D eigenvalue weighted by Crippen LogP contribution is -2.42. The Hall–Kier alpha value is -5.26. The number of ether oxygens (including phenoxy) is 5. The quantitative estimate of drug-likeness (QED) is 0.0232. The average Bonchev–Trinajstić information content (AvgIpc) is 1.63. The number of carbonyl (C=O) groups excluding carboxylic acids is 1. The van der Waals surface area contributed by atoms with E-state index in [0.717, 1.165) is 74.3 Å². The lowest BCUT2D eigenvalue weighted by atomic mass is 9.99. The van der Waals surface area contributed by atoms with Crippen LogP contribution in [0.15, 0.2) is 95.5 Å². The Bertz CT molecular complexity index is 4360. The summed E-state index contributed by atoms with van der Waals surface area (Å²) in [6.45, 7) is 31.5. The van der Waals surface area contributed by atoms with Gasteiger partial charge in [-0.25, -0.2) is 19.2 Å². The first kappa shape index (κ1) is 106. The number of hydrogen-bond donors (Lipinski definition) is 18. The number of urea groups is 1. The summed E-state index contributed by atoms with van der Waals surface area (Å²) in [5.41, 5.74) is -0.473. The molecule has 0 saturated carbocycles. The molecule has 7 aliphatic rings. The van der Waals surface area contributed by atoms with E-state index in [1.807, 2.05) is 27.8 Å². The summed E-state index contributed by atoms with van der Waals surface area (Å²) in [6.07, 6.45) is 20.7. The number of rotatable bonds is 32. The molecule has 5 unspecified atom stereocenters. The molecule has 10 rings (SSSR count). The van der Waals surface area contributed by atoms with E-state index >= 15 is 0 Å². The molecule has 2 amide bonds. The minimum atomic E-state index is -1.29. The van der Waals surface area contributed by atoms with Gasteiger partial charge in [0.1, 0.15) is 85.5 Å². The number of H-pyrrole nitrogens is 3. The van der Waals surface area contributed by atoms with Crippen LogP contribution < -0.4 is 60.3 Å². The Morgan fingerprint density at radius 1 is 0.410 bits per heavy atom. The number of thiocarbonyl (C=S) groups is 1. The molecule has 3 aromatic rings. The summed E-state index contributed by atoms with van der Waals surface area (Å²) in [5, 5.41) is 118. The highest BCUT2D eigenvalue weighted by molar-refractivity contribution is 7.80. The summed E-state index contributed by atoms with van der Waals surface area (Å²) in [5.74, 6) is 0. The highest BCUT2D eigenvalue weighted by Crippen LogP contribution is 2.45. The zero-order valence-corrected chi connectivity index (χ0v) is 78.9. The fourth-order valence-electron chi connectivity index (χ4n) is 14.0. The molecule has 5 fully saturated rings. The molecular formula is C81H140N13O22P5S. The van der Waals surface area contributed by atoms with E-state index in [2.05, 4.69) is 153 Å². The van der Waals surface area contributed by atoms with Crippen molar-refractivity contribution in [1.29, 1.82) is 0 Å². The number of carbonyl (C=O) groups is 1. The molecule has 0 aliphatic carbocycles. The maximum absolute atomic E-state index is 12.2. The lowest BCUT2D eigenvalue weighted by molar-refractivity contribution is -0.0404. The lowest BCUT2D eigenvalue weighted by Gasteiger charge is -2.30. The fourth-order valence-corrected chi connectivity index (χ4v) is 18.9. The summed E-state index contributed by atoms with van der Waals surface area (Å²) in [7, 11) is 3.42. The maximum Gasteiger partial charge on any atom is 0.330 e. The van der Waals surface area contributed by atoms with Crippen LogP contribution in [0.2, 0.25) is 0 Å². The number of aliphatic hydroxyl groups excluding tert-OH is 10. The molecule has 0 spiro atoms. The van der Waals surface area contributed by atoms with Gasteiger partial charge < -0.3 is 100 Å². The van der Waals surface area contributed by atoms with Crippen LogP contribution in [0.1, 0.15) is 107 Å². The maximum atomic E-state index is 12.2. The molecular weight excluding hydrogens is 1690 g/mol. The third kappa shape index (κ3) is 30.7. The van der Waals surface area contributed by atoms with E-state index in [1.54, 1.807) is 24.3 Å². The van der Waals surface area contributed by atoms with Crippen LogP contribution in [0.5, 0.6) is 0 Å². The largest absolute Gasteiger partial charge is 0.388 e. The Morgan fingerprint density at radius 2 is 0.721 bits per heavy atom. The molecule has 20 atom stereocenters. The number of aromatic nitrogens is 6. The van der Waals surface area contributed by atoms with Crippen LogP contribution in [-0.4, -0.2) is 367 Å². The number of nitrogens with zero attached hydrogens (tertiary/aromatic N) is 5. The van der Waals surface area contributed by atoms with Crippen molar-refractivity contribution >= 4 is 89.3 Å². The summed E-state index contributed by atoms with van der Waals surface area (Å²) in [6, 6.07) is -0.290. The van der Waals surface area contributed by atoms with Gasteiger partial charge in [0.15, 0.2) is 11.3 Å². The third-order valence-electron chi connectivity index (χ3n) is 21.2. The summed E-state index contributed by atoms with van der Waals surface area (Å²) < 4.78 is 33.0. The van der Waals surface area contributed by atoms with E-state index in [1.165, 1.54) is 32.6 Å². The monoisotopic (exact) mass is 1830 g/mol. The van der Waals surface area contributed by atoms with E-state index in [9.17, 15) is 84.6 Å². The van der Waals surface area contributed by atoms with Gasteiger partial charge in [-0.3, -0.25) is 53.7 Å². The first-order valence-corrected chi connectivity index (χ1v) is 56.8. The number of amides is 2. The summed E-state index contributed by atoms with van der Waals surface area (Å²) in [4.78, 5) is 93.9. The standard InChI is InChI=1S/3C17H30N3O5P.C15H25N2O4P.C15H25N2O3PS/c2*1-5-7-18-10-20-9-11(16(23)19-17(20)24)15-14(22)13(21)12(25-15)6-8-26(2,3)4;1-5-7-18-9-11-10-20(17(24)19-15(11)23)16-14(22)13(21)12(25-16)6-8-26(2,3)4;1-9-10(8-17(2)15(20)16-9)14-13(19)12(18)11(21-14)6-7-22(3,4)5;1-9-10(8-17(2)15(22)16-9)14-13(19)12(18)11(20-14)6-7-21(3,4)5/h2*9,12-15,18,21-22H,2,5-8,10H2,1,3-4H3,(H,19,23,24);10,12-14,16,18,21-22H,2,5-9H2,1,3-4H3,(H,19,23,24);8,11-14,18-19H,1,3,6-7H2,2,4-5H3,(H,16,20);8,11-14,18-19H,1,3,6-7H2,2,4-5H3,(H,16,22)/t2*12-,13-,14-,15?;12-,13-,14-,16?;2*11-,12-,13-,14?/m11111/s1. The predicted octanol–water partition coefficient (Wildman–Crippen LogP) is 0.684. The average molecular weight is 1840 g/mol. The second kappa shape index (κ2) is 46.1. The molecule has 0 radical (unpaired) electrons. The van der Waals surface area contributed by atoms with Crippen molar-refractivity contribution in [3.63, 3.8) is 0 Å². The van der Waals surface area contributed by atoms with E-state index in [-0.39, 0.29) is 36.6 Å². The van der Waals surface area contributed by atoms with Crippen LogP contribution in [0.3, 0.4) is 0 Å². The third-order valence-corrected chi connectivity index (χ3v) is 28.9. The van der Waals surface area contributed by atoms with Gasteiger partial charge in [-0.2, -0.15) is 0 Å². The number of aliphatic hydroxyl groups is 10. The van der Waals surface area contributed by atoms with Gasteiger partial charge in [-0.1, -0.05) is 33.9 Å². The van der Waals surface area contributed by atoms with Crippen molar-refractivity contribution in [3.8, 4) is 0 Å². The van der Waals surface area contributed by atoms with Crippen LogP contribution in [0, 0.1) is 0 Å². The molecule has 122 heavy (non-hydrogen) atoms. The van der Waals surface area contributed by atoms with Gasteiger partial charge in [-0.05, 0) is 181 Å². The van der Waals surface area contributed by atoms with Crippen LogP contribution in [0.4, 0.5) is 4.79 Å². The van der Waals surface area contributed by atoms with Crippen molar-refractivity contribution in [1.82, 2.24) is 65.0 Å². The highest BCUT2D eigenvalue weighted by atomic mass is 32.1. The van der Waals surface area contributed by atoms with Gasteiger partial charge in [0.05, 0.1) is 55.0 Å². The molecule has 5 saturated heterocycles. The van der Waals surface area contributed by atoms with Crippen molar-refractivity contribution < 1.29 is 79.5 Å². The number of hydrogen-bond acceptors (Lipinski definition) is 26. The van der Waals surface area contributed by atoms with Crippen LogP contribution in [0.25, 0.3) is 0 Å². The fraction of sp³-hybridized carbons (Fsp3) is 0.667. The predicted molar refractivity (Wildman–Crippen MR) is 500 cm³/mol. The van der Waals surface area contributed by atoms with Crippen molar-refractivity contribution in [2.45, 2.75) is 214 Å². The molecule has 7 aliphatic heterocycles. The Kier molecular flexibility index (Phi) is 39.9. The first-order valence-electron chi connectivity index (χ1n) is 41.1. The first-order chi connectivity index (χ1) is 56.6. The van der Waals surface area contributed by atoms with Gasteiger partial charge in [0.25, 0.3) is 16.7 Å². The summed E-state index contributed by atoms with van der Waals surface area (Å²) >= 11 is 5.14. The van der Waals surface area contributed by atoms with Crippen molar-refractivity contribution in [3.05, 3.63) is 146 Å². The van der Waals surface area contributed by atoms with E-state index < -0.39 is 184 Å². The van der Waals surface area contributed by atoms with Crippen LogP contribution in [-0.2, 0) is 43.6 Å². The van der Waals surface area contributed by atoms with Gasteiger partial charge >= 0.3 is 23.1 Å². The van der Waals surface area contributed by atoms with E-state index in [4.69, 9.17) is 35.9 Å². The zero-order chi connectivity index (χ0) is 91.8. The number of nitrogens with one attached hydrogen (secondary N) is 8. The molecule has 35 nitrogen and oxygen atoms in total. The molecule has 692 valence electrons. The van der Waals surface area contributed by atoms with Crippen molar-refractivity contribution in [2.75, 3.05) is 131 Å². The van der Waals surface area contributed by atoms with Crippen molar-refractivity contribution in [2.24, 2.45) is 0 Å². The molecule has 41 heteroatoms. The Labute approximate surface area is 721 Å². The molecule has 18 N–H and O–H groups in total. The molecule has 3 aromatic heterocycles. The number of aromatic amines is 3. The topological polar surface area (TPSA) is 497 Å². The van der Waals surface area contributed by atoms with Gasteiger partial charge in [-0.15, -0.1) is 65.9 Å².